The Morgan fingerprint density at radius 3 is 2.44 bits per heavy atom. The SMILES string of the molecule is CCN(C(=O)CSc1nnc2n(-c3ccc(C)cc3C)c(=O)c3ccccc3n12)c1ccccc1C. The lowest BCUT2D eigenvalue weighted by Crippen LogP contribution is -2.32. The molecule has 182 valence electrons. The second-order valence-corrected chi connectivity index (χ2v) is 9.72. The smallest absolute Gasteiger partial charge is 0.267 e. The van der Waals surface area contributed by atoms with Crippen molar-refractivity contribution in [2.75, 3.05) is 17.2 Å². The topological polar surface area (TPSA) is 72.5 Å². The van der Waals surface area contributed by atoms with Crippen LogP contribution >= 0.6 is 11.8 Å². The molecule has 0 aliphatic heterocycles. The summed E-state index contributed by atoms with van der Waals surface area (Å²) >= 11 is 1.32. The predicted molar refractivity (Wildman–Crippen MR) is 145 cm³/mol. The number of aryl methyl sites for hydroxylation is 3. The first-order valence-electron chi connectivity index (χ1n) is 11.9. The highest BCUT2D eigenvalue weighted by Crippen LogP contribution is 2.26. The number of amides is 1. The summed E-state index contributed by atoms with van der Waals surface area (Å²) in [7, 11) is 0. The van der Waals surface area contributed by atoms with E-state index in [-0.39, 0.29) is 17.2 Å². The molecule has 0 unspecified atom stereocenters. The maximum atomic E-state index is 13.6. The largest absolute Gasteiger partial charge is 0.312 e. The summed E-state index contributed by atoms with van der Waals surface area (Å²) in [6, 6.07) is 21.3. The minimum absolute atomic E-state index is 0.0134. The highest BCUT2D eigenvalue weighted by molar-refractivity contribution is 7.99. The van der Waals surface area contributed by atoms with E-state index in [0.29, 0.717) is 28.4 Å². The lowest BCUT2D eigenvalue weighted by molar-refractivity contribution is -0.116. The van der Waals surface area contributed by atoms with Gasteiger partial charge >= 0.3 is 0 Å². The molecule has 0 spiro atoms. The number of fused-ring (bicyclic) bond motifs is 3. The molecule has 0 bridgehead atoms. The van der Waals surface area contributed by atoms with Crippen LogP contribution in [0.3, 0.4) is 0 Å². The lowest BCUT2D eigenvalue weighted by atomic mass is 10.1. The number of benzene rings is 3. The summed E-state index contributed by atoms with van der Waals surface area (Å²) in [4.78, 5) is 28.6. The van der Waals surface area contributed by atoms with Crippen molar-refractivity contribution >= 4 is 40.0 Å². The number of nitrogens with zero attached hydrogens (tertiary/aromatic N) is 5. The average Bonchev–Trinajstić information content (AvgIpc) is 3.29. The number of aromatic nitrogens is 4. The van der Waals surface area contributed by atoms with Crippen LogP contribution in [0.2, 0.25) is 0 Å². The van der Waals surface area contributed by atoms with Gasteiger partial charge in [-0.3, -0.25) is 14.0 Å². The van der Waals surface area contributed by atoms with Crippen molar-refractivity contribution in [2.24, 2.45) is 0 Å². The summed E-state index contributed by atoms with van der Waals surface area (Å²) in [6.07, 6.45) is 0. The van der Waals surface area contributed by atoms with Crippen LogP contribution in [0, 0.1) is 20.8 Å². The molecular formula is C28H27N5O2S. The van der Waals surface area contributed by atoms with Crippen LogP contribution < -0.4 is 10.5 Å². The monoisotopic (exact) mass is 497 g/mol. The minimum atomic E-state index is -0.151. The Labute approximate surface area is 213 Å². The van der Waals surface area contributed by atoms with Crippen LogP contribution in [0.5, 0.6) is 0 Å². The molecule has 0 saturated carbocycles. The second kappa shape index (κ2) is 9.62. The summed E-state index contributed by atoms with van der Waals surface area (Å²) in [5.41, 5.74) is 5.37. The molecule has 5 rings (SSSR count). The molecule has 0 radical (unpaired) electrons. The maximum absolute atomic E-state index is 13.6. The number of thioether (sulfide) groups is 1. The lowest BCUT2D eigenvalue weighted by Gasteiger charge is -2.22. The third kappa shape index (κ3) is 4.07. The van der Waals surface area contributed by atoms with Gasteiger partial charge in [-0.2, -0.15) is 0 Å². The van der Waals surface area contributed by atoms with Gasteiger partial charge in [0, 0.05) is 12.2 Å². The van der Waals surface area contributed by atoms with Crippen molar-refractivity contribution in [1.29, 1.82) is 0 Å². The van der Waals surface area contributed by atoms with E-state index in [1.54, 1.807) is 9.47 Å². The van der Waals surface area contributed by atoms with Gasteiger partial charge < -0.3 is 4.90 Å². The van der Waals surface area contributed by atoms with Gasteiger partial charge in [-0.25, -0.2) is 4.57 Å². The van der Waals surface area contributed by atoms with Crippen molar-refractivity contribution in [3.63, 3.8) is 0 Å². The average molecular weight is 498 g/mol. The van der Waals surface area contributed by atoms with Gasteiger partial charge in [0.2, 0.25) is 11.7 Å². The minimum Gasteiger partial charge on any atom is -0.312 e. The summed E-state index contributed by atoms with van der Waals surface area (Å²) in [6.45, 7) is 8.55. The number of para-hydroxylation sites is 2. The number of hydrogen-bond acceptors (Lipinski definition) is 5. The van der Waals surface area contributed by atoms with E-state index in [1.165, 1.54) is 11.8 Å². The number of hydrogen-bond donors (Lipinski definition) is 0. The first-order valence-corrected chi connectivity index (χ1v) is 12.8. The summed E-state index contributed by atoms with van der Waals surface area (Å²) < 4.78 is 3.49. The van der Waals surface area contributed by atoms with E-state index in [4.69, 9.17) is 0 Å². The van der Waals surface area contributed by atoms with Gasteiger partial charge in [0.15, 0.2) is 5.16 Å². The van der Waals surface area contributed by atoms with Crippen molar-refractivity contribution < 1.29 is 4.79 Å². The van der Waals surface area contributed by atoms with Crippen LogP contribution in [0.15, 0.2) is 76.7 Å². The molecule has 0 N–H and O–H groups in total. The van der Waals surface area contributed by atoms with Gasteiger partial charge in [0.05, 0.1) is 22.3 Å². The van der Waals surface area contributed by atoms with Crippen LogP contribution in [0.4, 0.5) is 5.69 Å². The van der Waals surface area contributed by atoms with Crippen LogP contribution in [-0.4, -0.2) is 37.4 Å². The van der Waals surface area contributed by atoms with E-state index in [2.05, 4.69) is 10.2 Å². The third-order valence-electron chi connectivity index (χ3n) is 6.34. The molecule has 0 aliphatic rings. The van der Waals surface area contributed by atoms with E-state index < -0.39 is 0 Å². The molecule has 0 saturated heterocycles. The standard InChI is InChI=1S/C28H27N5O2S/c1-5-31(22-12-8-6-10-19(22)3)25(34)17-36-28-30-29-27-32(23-15-14-18(2)16-20(23)4)26(35)21-11-7-9-13-24(21)33(27)28/h6-16H,5,17H2,1-4H3. The maximum Gasteiger partial charge on any atom is 0.267 e. The van der Waals surface area contributed by atoms with Gasteiger partial charge in [0.1, 0.15) is 0 Å². The Kier molecular flexibility index (Phi) is 6.36. The van der Waals surface area contributed by atoms with Gasteiger partial charge in [-0.1, -0.05) is 59.8 Å². The molecule has 36 heavy (non-hydrogen) atoms. The fraction of sp³-hybridized carbons (Fsp3) is 0.214. The molecule has 2 heterocycles. The molecule has 3 aromatic carbocycles. The van der Waals surface area contributed by atoms with Gasteiger partial charge in [-0.15, -0.1) is 10.2 Å². The molecule has 0 atom stereocenters. The number of anilines is 1. The predicted octanol–water partition coefficient (Wildman–Crippen LogP) is 5.10. The molecule has 5 aromatic rings. The van der Waals surface area contributed by atoms with Crippen molar-refractivity contribution in [1.82, 2.24) is 19.2 Å². The van der Waals surface area contributed by atoms with Crippen LogP contribution in [-0.2, 0) is 4.79 Å². The first-order chi connectivity index (χ1) is 17.4. The van der Waals surface area contributed by atoms with Crippen molar-refractivity contribution in [3.8, 4) is 5.69 Å². The van der Waals surface area contributed by atoms with Gasteiger partial charge in [-0.05, 0) is 63.1 Å². The summed E-state index contributed by atoms with van der Waals surface area (Å²) in [5.74, 6) is 0.604. The summed E-state index contributed by atoms with van der Waals surface area (Å²) in [5, 5.41) is 9.95. The Bertz CT molecular complexity index is 1670. The van der Waals surface area contributed by atoms with Crippen molar-refractivity contribution in [3.05, 3.63) is 93.8 Å². The zero-order valence-electron chi connectivity index (χ0n) is 20.7. The molecule has 2 aromatic heterocycles. The van der Waals surface area contributed by atoms with Crippen LogP contribution in [0.1, 0.15) is 23.6 Å². The molecule has 1 amide bonds. The fourth-order valence-corrected chi connectivity index (χ4v) is 5.41. The number of carbonyl (C=O) groups is 1. The quantitative estimate of drug-likeness (QED) is 0.305. The second-order valence-electron chi connectivity index (χ2n) is 8.78. The Balaban J connectivity index is 1.59. The Morgan fingerprint density at radius 2 is 1.69 bits per heavy atom. The highest BCUT2D eigenvalue weighted by atomic mass is 32.2. The van der Waals surface area contributed by atoms with E-state index in [0.717, 1.165) is 28.1 Å². The zero-order chi connectivity index (χ0) is 25.4. The first kappa shape index (κ1) is 23.8. The number of rotatable bonds is 6. The third-order valence-corrected chi connectivity index (χ3v) is 7.25. The van der Waals surface area contributed by atoms with Crippen LogP contribution in [0.25, 0.3) is 22.4 Å². The molecular weight excluding hydrogens is 470 g/mol. The molecule has 8 heteroatoms. The fourth-order valence-electron chi connectivity index (χ4n) is 4.60. The molecule has 0 aliphatic carbocycles. The van der Waals surface area contributed by atoms with Gasteiger partial charge in [0.25, 0.3) is 5.56 Å². The Hall–Kier alpha value is -3.91. The van der Waals surface area contributed by atoms with Crippen molar-refractivity contribution in [2.45, 2.75) is 32.9 Å². The normalized spacial score (nSPS) is 11.3. The Morgan fingerprint density at radius 1 is 0.944 bits per heavy atom. The van der Waals surface area contributed by atoms with E-state index >= 15 is 0 Å². The molecule has 7 nitrogen and oxygen atoms in total. The zero-order valence-corrected chi connectivity index (χ0v) is 21.5. The highest BCUT2D eigenvalue weighted by Gasteiger charge is 2.21. The molecule has 0 fully saturated rings. The van der Waals surface area contributed by atoms with E-state index in [1.807, 2.05) is 98.8 Å². The van der Waals surface area contributed by atoms with E-state index in [9.17, 15) is 9.59 Å². The number of carbonyl (C=O) groups excluding carboxylic acids is 1.